The molecule has 2 heteroatoms. The van der Waals surface area contributed by atoms with E-state index in [1.54, 1.807) is 0 Å². The summed E-state index contributed by atoms with van der Waals surface area (Å²) >= 11 is 0. The van der Waals surface area contributed by atoms with Crippen LogP contribution in [-0.2, 0) is 0 Å². The maximum atomic E-state index is 3.23. The van der Waals surface area contributed by atoms with Crippen molar-refractivity contribution in [1.82, 2.24) is 5.32 Å². The second kappa shape index (κ2) is 7.11. The van der Waals surface area contributed by atoms with Crippen LogP contribution in [0.2, 0.25) is 0 Å². The number of hydrogen-bond donors (Lipinski definition) is 1. The van der Waals surface area contributed by atoms with E-state index in [2.05, 4.69) is 72.6 Å². The molecule has 0 saturated carbocycles. The number of anilines is 2. The highest BCUT2D eigenvalue weighted by molar-refractivity contribution is 5.68. The van der Waals surface area contributed by atoms with Crippen LogP contribution in [0.3, 0.4) is 0 Å². The SMILES string of the molecule is CNCCCN(c1ccccc1C)c1ccccc1C. The molecule has 0 spiro atoms. The molecule has 0 aliphatic heterocycles. The molecule has 0 bridgehead atoms. The number of hydrogen-bond acceptors (Lipinski definition) is 2. The molecule has 0 atom stereocenters. The third-order valence-corrected chi connectivity index (χ3v) is 3.62. The number of rotatable bonds is 6. The number of aryl methyl sites for hydroxylation is 2. The lowest BCUT2D eigenvalue weighted by atomic mass is 10.1. The van der Waals surface area contributed by atoms with Gasteiger partial charge in [-0.3, -0.25) is 0 Å². The van der Waals surface area contributed by atoms with Crippen molar-refractivity contribution in [3.8, 4) is 0 Å². The van der Waals surface area contributed by atoms with Crippen molar-refractivity contribution in [1.29, 1.82) is 0 Å². The van der Waals surface area contributed by atoms with Gasteiger partial charge in [0, 0.05) is 17.9 Å². The molecule has 2 aromatic carbocycles. The van der Waals surface area contributed by atoms with Gasteiger partial charge in [-0.15, -0.1) is 0 Å². The van der Waals surface area contributed by atoms with Crippen molar-refractivity contribution in [2.24, 2.45) is 0 Å². The van der Waals surface area contributed by atoms with Gasteiger partial charge in [0.15, 0.2) is 0 Å². The van der Waals surface area contributed by atoms with E-state index in [9.17, 15) is 0 Å². The number of nitrogens with one attached hydrogen (secondary N) is 1. The fourth-order valence-electron chi connectivity index (χ4n) is 2.52. The van der Waals surface area contributed by atoms with Gasteiger partial charge in [-0.2, -0.15) is 0 Å². The predicted molar refractivity (Wildman–Crippen MR) is 87.9 cm³/mol. The zero-order chi connectivity index (χ0) is 14.4. The van der Waals surface area contributed by atoms with E-state index in [0.29, 0.717) is 0 Å². The summed E-state index contributed by atoms with van der Waals surface area (Å²) in [6, 6.07) is 17.2. The summed E-state index contributed by atoms with van der Waals surface area (Å²) in [6.07, 6.45) is 1.12. The molecule has 106 valence electrons. The molecule has 0 radical (unpaired) electrons. The summed E-state index contributed by atoms with van der Waals surface area (Å²) < 4.78 is 0. The van der Waals surface area contributed by atoms with Gasteiger partial charge in [0.25, 0.3) is 0 Å². The lowest BCUT2D eigenvalue weighted by Crippen LogP contribution is -2.23. The Hall–Kier alpha value is -1.80. The molecule has 0 amide bonds. The summed E-state index contributed by atoms with van der Waals surface area (Å²) in [5.41, 5.74) is 5.25. The molecule has 0 aliphatic rings. The molecule has 0 saturated heterocycles. The largest absolute Gasteiger partial charge is 0.341 e. The molecule has 20 heavy (non-hydrogen) atoms. The minimum absolute atomic E-state index is 1.02. The van der Waals surface area contributed by atoms with Gasteiger partial charge >= 0.3 is 0 Å². The van der Waals surface area contributed by atoms with Gasteiger partial charge in [0.2, 0.25) is 0 Å². The Bertz CT molecular complexity index is 503. The zero-order valence-corrected chi connectivity index (χ0v) is 12.7. The summed E-state index contributed by atoms with van der Waals surface area (Å²) in [5, 5.41) is 3.23. The third kappa shape index (κ3) is 3.40. The van der Waals surface area contributed by atoms with Crippen LogP contribution in [0.4, 0.5) is 11.4 Å². The highest BCUT2D eigenvalue weighted by Gasteiger charge is 2.12. The second-order valence-electron chi connectivity index (χ2n) is 5.18. The molecule has 2 aromatic rings. The highest BCUT2D eigenvalue weighted by atomic mass is 15.1. The summed E-state index contributed by atoms with van der Waals surface area (Å²) in [7, 11) is 2.01. The Morgan fingerprint density at radius 3 is 1.80 bits per heavy atom. The average Bonchev–Trinajstić information content (AvgIpc) is 2.46. The number of benzene rings is 2. The molecule has 0 aliphatic carbocycles. The van der Waals surface area contributed by atoms with Gasteiger partial charge in [-0.25, -0.2) is 0 Å². The molecule has 0 unspecified atom stereocenters. The highest BCUT2D eigenvalue weighted by Crippen LogP contribution is 2.30. The first-order valence-electron chi connectivity index (χ1n) is 7.27. The Labute approximate surface area is 122 Å². The maximum absolute atomic E-state index is 3.23. The Kier molecular flexibility index (Phi) is 5.19. The van der Waals surface area contributed by atoms with E-state index in [1.165, 1.54) is 22.5 Å². The van der Waals surface area contributed by atoms with Crippen molar-refractivity contribution in [3.05, 3.63) is 59.7 Å². The normalized spacial score (nSPS) is 10.6. The van der Waals surface area contributed by atoms with E-state index in [0.717, 1.165) is 19.5 Å². The summed E-state index contributed by atoms with van der Waals surface area (Å²) in [6.45, 7) is 6.42. The van der Waals surface area contributed by atoms with Crippen LogP contribution in [-0.4, -0.2) is 20.1 Å². The fourth-order valence-corrected chi connectivity index (χ4v) is 2.52. The lowest BCUT2D eigenvalue weighted by Gasteiger charge is -2.28. The standard InChI is InChI=1S/C18H24N2/c1-15-9-4-6-11-17(15)20(14-8-13-19-3)18-12-7-5-10-16(18)2/h4-7,9-12,19H,8,13-14H2,1-3H3. The van der Waals surface area contributed by atoms with Crippen LogP contribution in [0.25, 0.3) is 0 Å². The van der Waals surface area contributed by atoms with Crippen LogP contribution in [0.1, 0.15) is 17.5 Å². The van der Waals surface area contributed by atoms with Crippen LogP contribution >= 0.6 is 0 Å². The molecular weight excluding hydrogens is 244 g/mol. The Balaban J connectivity index is 2.35. The van der Waals surface area contributed by atoms with E-state index in [-0.39, 0.29) is 0 Å². The fraction of sp³-hybridized carbons (Fsp3) is 0.333. The van der Waals surface area contributed by atoms with Gasteiger partial charge in [0.1, 0.15) is 0 Å². The summed E-state index contributed by atoms with van der Waals surface area (Å²) in [5.74, 6) is 0. The van der Waals surface area contributed by atoms with Gasteiger partial charge < -0.3 is 10.2 Å². The Morgan fingerprint density at radius 1 is 0.850 bits per heavy atom. The van der Waals surface area contributed by atoms with E-state index in [4.69, 9.17) is 0 Å². The number of para-hydroxylation sites is 2. The minimum Gasteiger partial charge on any atom is -0.341 e. The Morgan fingerprint density at radius 2 is 1.35 bits per heavy atom. The van der Waals surface area contributed by atoms with Crippen molar-refractivity contribution < 1.29 is 0 Å². The van der Waals surface area contributed by atoms with Crippen LogP contribution < -0.4 is 10.2 Å². The summed E-state index contributed by atoms with van der Waals surface area (Å²) in [4.78, 5) is 2.43. The van der Waals surface area contributed by atoms with Crippen LogP contribution in [0, 0.1) is 13.8 Å². The quantitative estimate of drug-likeness (QED) is 0.795. The predicted octanol–water partition coefficient (Wildman–Crippen LogP) is 4.05. The smallest absolute Gasteiger partial charge is 0.0440 e. The second-order valence-corrected chi connectivity index (χ2v) is 5.18. The van der Waals surface area contributed by atoms with Gasteiger partial charge in [-0.05, 0) is 57.1 Å². The van der Waals surface area contributed by atoms with Crippen molar-refractivity contribution >= 4 is 11.4 Å². The molecule has 2 nitrogen and oxygen atoms in total. The van der Waals surface area contributed by atoms with Crippen LogP contribution in [0.15, 0.2) is 48.5 Å². The molecule has 0 aromatic heterocycles. The molecule has 0 fully saturated rings. The first-order chi connectivity index (χ1) is 9.74. The maximum Gasteiger partial charge on any atom is 0.0440 e. The molecule has 0 heterocycles. The first-order valence-corrected chi connectivity index (χ1v) is 7.27. The van der Waals surface area contributed by atoms with Crippen molar-refractivity contribution in [3.63, 3.8) is 0 Å². The van der Waals surface area contributed by atoms with E-state index in [1.807, 2.05) is 7.05 Å². The van der Waals surface area contributed by atoms with Crippen molar-refractivity contribution in [2.45, 2.75) is 20.3 Å². The lowest BCUT2D eigenvalue weighted by molar-refractivity contribution is 0.722. The molecular formula is C18H24N2. The monoisotopic (exact) mass is 268 g/mol. The van der Waals surface area contributed by atoms with Crippen LogP contribution in [0.5, 0.6) is 0 Å². The van der Waals surface area contributed by atoms with E-state index >= 15 is 0 Å². The van der Waals surface area contributed by atoms with E-state index < -0.39 is 0 Å². The topological polar surface area (TPSA) is 15.3 Å². The molecule has 1 N–H and O–H groups in total. The first kappa shape index (κ1) is 14.6. The molecule has 2 rings (SSSR count). The zero-order valence-electron chi connectivity index (χ0n) is 12.7. The van der Waals surface area contributed by atoms with Crippen molar-refractivity contribution in [2.75, 3.05) is 25.0 Å². The third-order valence-electron chi connectivity index (χ3n) is 3.62. The average molecular weight is 268 g/mol. The van der Waals surface area contributed by atoms with Gasteiger partial charge in [-0.1, -0.05) is 36.4 Å². The van der Waals surface area contributed by atoms with Gasteiger partial charge in [0.05, 0.1) is 0 Å². The number of nitrogens with zero attached hydrogens (tertiary/aromatic N) is 1. The minimum atomic E-state index is 1.02.